The summed E-state index contributed by atoms with van der Waals surface area (Å²) in [5.41, 5.74) is 0.783. The minimum atomic E-state index is 0.0990. The van der Waals surface area contributed by atoms with E-state index in [2.05, 4.69) is 24.5 Å². The van der Waals surface area contributed by atoms with E-state index in [1.807, 2.05) is 24.3 Å². The molecule has 4 heteroatoms. The number of hydrogen-bond donors (Lipinski definition) is 2. The highest BCUT2D eigenvalue weighted by Crippen LogP contribution is 2.34. The summed E-state index contributed by atoms with van der Waals surface area (Å²) < 4.78 is 5.79. The lowest BCUT2D eigenvalue weighted by Gasteiger charge is -2.20. The Hall–Kier alpha value is -1.55. The summed E-state index contributed by atoms with van der Waals surface area (Å²) >= 11 is 0. The van der Waals surface area contributed by atoms with Crippen molar-refractivity contribution in [1.82, 2.24) is 5.32 Å². The van der Waals surface area contributed by atoms with E-state index in [1.165, 1.54) is 6.42 Å². The summed E-state index contributed by atoms with van der Waals surface area (Å²) in [6.07, 6.45) is 3.29. The topological polar surface area (TPSA) is 50.4 Å². The van der Waals surface area contributed by atoms with Gasteiger partial charge in [-0.05, 0) is 37.3 Å². The highest BCUT2D eigenvalue weighted by atomic mass is 16.5. The third-order valence-corrected chi connectivity index (χ3v) is 4.35. The number of nitrogens with one attached hydrogen (secondary N) is 2. The molecule has 114 valence electrons. The molecule has 4 nitrogen and oxygen atoms in total. The number of hydrogen-bond acceptors (Lipinski definition) is 3. The van der Waals surface area contributed by atoms with Crippen LogP contribution in [0.2, 0.25) is 0 Å². The van der Waals surface area contributed by atoms with Gasteiger partial charge in [0.05, 0.1) is 18.2 Å². The minimum Gasteiger partial charge on any atom is -0.491 e. The van der Waals surface area contributed by atoms with Gasteiger partial charge in [0.15, 0.2) is 0 Å². The number of carbonyl (C=O) groups excluding carboxylic acids is 1. The number of amides is 1. The minimum absolute atomic E-state index is 0.0990. The summed E-state index contributed by atoms with van der Waals surface area (Å²) in [4.78, 5) is 12.5. The maximum Gasteiger partial charge on any atom is 0.229 e. The molecule has 0 radical (unpaired) electrons. The van der Waals surface area contributed by atoms with E-state index in [9.17, 15) is 4.79 Å². The molecule has 3 atom stereocenters. The number of rotatable bonds is 5. The van der Waals surface area contributed by atoms with E-state index in [1.54, 1.807) is 0 Å². The van der Waals surface area contributed by atoms with Gasteiger partial charge in [-0.3, -0.25) is 4.79 Å². The second-order valence-corrected chi connectivity index (χ2v) is 6.58. The van der Waals surface area contributed by atoms with Gasteiger partial charge in [0.25, 0.3) is 0 Å². The van der Waals surface area contributed by atoms with E-state index in [4.69, 9.17) is 4.74 Å². The third kappa shape index (κ3) is 3.21. The van der Waals surface area contributed by atoms with Gasteiger partial charge in [0, 0.05) is 12.1 Å². The zero-order valence-electron chi connectivity index (χ0n) is 12.8. The van der Waals surface area contributed by atoms with Crippen LogP contribution < -0.4 is 15.4 Å². The lowest BCUT2D eigenvalue weighted by atomic mass is 9.88. The van der Waals surface area contributed by atoms with Crippen LogP contribution >= 0.6 is 0 Å². The van der Waals surface area contributed by atoms with Gasteiger partial charge in [-0.25, -0.2) is 0 Å². The van der Waals surface area contributed by atoms with Gasteiger partial charge in [0.2, 0.25) is 5.91 Å². The van der Waals surface area contributed by atoms with Crippen LogP contribution in [-0.2, 0) is 4.79 Å². The number of carbonyl (C=O) groups is 1. The smallest absolute Gasteiger partial charge is 0.229 e. The molecule has 2 aliphatic rings. The summed E-state index contributed by atoms with van der Waals surface area (Å²) in [5, 5.41) is 6.56. The van der Waals surface area contributed by atoms with Crippen molar-refractivity contribution in [1.29, 1.82) is 0 Å². The monoisotopic (exact) mass is 288 g/mol. The van der Waals surface area contributed by atoms with E-state index in [0.29, 0.717) is 24.6 Å². The first-order valence-corrected chi connectivity index (χ1v) is 7.92. The first-order valence-electron chi connectivity index (χ1n) is 7.92. The predicted octanol–water partition coefficient (Wildman–Crippen LogP) is 2.80. The van der Waals surface area contributed by atoms with Crippen molar-refractivity contribution in [2.45, 2.75) is 45.2 Å². The highest BCUT2D eigenvalue weighted by molar-refractivity contribution is 5.94. The Morgan fingerprint density at radius 2 is 2.19 bits per heavy atom. The van der Waals surface area contributed by atoms with Gasteiger partial charge < -0.3 is 15.4 Å². The molecule has 1 amide bonds. The standard InChI is InChI=1S/C17H24N2O2/c1-11(2)10-21-16-6-4-3-5-15(16)19-17(20)13-9-12-7-8-14(13)18-12/h3-6,11-14,18H,7-10H2,1-2H3,(H,19,20). The molecular weight excluding hydrogens is 264 g/mol. The summed E-state index contributed by atoms with van der Waals surface area (Å²) in [6.45, 7) is 4.88. The Labute approximate surface area is 126 Å². The lowest BCUT2D eigenvalue weighted by molar-refractivity contribution is -0.120. The van der Waals surface area contributed by atoms with Gasteiger partial charge in [-0.1, -0.05) is 26.0 Å². The van der Waals surface area contributed by atoms with E-state index in [-0.39, 0.29) is 11.8 Å². The number of benzene rings is 1. The van der Waals surface area contributed by atoms with Crippen LogP contribution in [0.3, 0.4) is 0 Å². The van der Waals surface area contributed by atoms with Crippen LogP contribution in [-0.4, -0.2) is 24.6 Å². The molecule has 0 spiro atoms. The molecule has 0 saturated carbocycles. The SMILES string of the molecule is CC(C)COc1ccccc1NC(=O)C1CC2CCC1N2. The van der Waals surface area contributed by atoms with Crippen molar-refractivity contribution in [2.24, 2.45) is 11.8 Å². The largest absolute Gasteiger partial charge is 0.491 e. The highest BCUT2D eigenvalue weighted by Gasteiger charge is 2.42. The first kappa shape index (κ1) is 14.4. The number of fused-ring (bicyclic) bond motifs is 2. The maximum absolute atomic E-state index is 12.5. The molecule has 2 saturated heterocycles. The van der Waals surface area contributed by atoms with Crippen molar-refractivity contribution in [3.63, 3.8) is 0 Å². The van der Waals surface area contributed by atoms with Crippen molar-refractivity contribution < 1.29 is 9.53 Å². The fraction of sp³-hybridized carbons (Fsp3) is 0.588. The number of para-hydroxylation sites is 2. The van der Waals surface area contributed by atoms with Crippen LogP contribution in [0.5, 0.6) is 5.75 Å². The fourth-order valence-corrected chi connectivity index (χ4v) is 3.29. The second kappa shape index (κ2) is 6.06. The van der Waals surface area contributed by atoms with Gasteiger partial charge in [0.1, 0.15) is 5.75 Å². The van der Waals surface area contributed by atoms with Gasteiger partial charge in [-0.15, -0.1) is 0 Å². The van der Waals surface area contributed by atoms with Crippen LogP contribution in [0.4, 0.5) is 5.69 Å². The molecule has 2 aliphatic heterocycles. The Balaban J connectivity index is 1.65. The summed E-state index contributed by atoms with van der Waals surface area (Å²) in [7, 11) is 0. The molecule has 0 aliphatic carbocycles. The quantitative estimate of drug-likeness (QED) is 0.876. The average molecular weight is 288 g/mol. The summed E-state index contributed by atoms with van der Waals surface area (Å²) in [6, 6.07) is 8.59. The molecule has 21 heavy (non-hydrogen) atoms. The van der Waals surface area contributed by atoms with Crippen molar-refractivity contribution >= 4 is 11.6 Å². The van der Waals surface area contributed by atoms with E-state index >= 15 is 0 Å². The molecule has 2 bridgehead atoms. The van der Waals surface area contributed by atoms with Gasteiger partial charge in [-0.2, -0.15) is 0 Å². The van der Waals surface area contributed by atoms with Crippen molar-refractivity contribution in [2.75, 3.05) is 11.9 Å². The Morgan fingerprint density at radius 3 is 2.86 bits per heavy atom. The van der Waals surface area contributed by atoms with E-state index in [0.717, 1.165) is 24.3 Å². The maximum atomic E-state index is 12.5. The molecule has 3 rings (SSSR count). The average Bonchev–Trinajstić information content (AvgIpc) is 3.09. The molecule has 1 aromatic carbocycles. The van der Waals surface area contributed by atoms with Crippen molar-refractivity contribution in [3.05, 3.63) is 24.3 Å². The Bertz CT molecular complexity index is 515. The molecule has 2 fully saturated rings. The Kier molecular flexibility index (Phi) is 4.15. The summed E-state index contributed by atoms with van der Waals surface area (Å²) in [5.74, 6) is 1.44. The van der Waals surface area contributed by atoms with Crippen LogP contribution in [0, 0.1) is 11.8 Å². The molecule has 2 heterocycles. The zero-order chi connectivity index (χ0) is 14.8. The molecular formula is C17H24N2O2. The Morgan fingerprint density at radius 1 is 1.38 bits per heavy atom. The van der Waals surface area contributed by atoms with Crippen LogP contribution in [0.15, 0.2) is 24.3 Å². The normalized spacial score (nSPS) is 27.1. The second-order valence-electron chi connectivity index (χ2n) is 6.58. The molecule has 2 N–H and O–H groups in total. The predicted molar refractivity (Wildman–Crippen MR) is 83.5 cm³/mol. The fourth-order valence-electron chi connectivity index (χ4n) is 3.29. The molecule has 0 aromatic heterocycles. The van der Waals surface area contributed by atoms with Crippen LogP contribution in [0.25, 0.3) is 0 Å². The number of ether oxygens (including phenoxy) is 1. The molecule has 3 unspecified atom stereocenters. The number of anilines is 1. The zero-order valence-corrected chi connectivity index (χ0v) is 12.8. The van der Waals surface area contributed by atoms with Gasteiger partial charge >= 0.3 is 0 Å². The lowest BCUT2D eigenvalue weighted by Crippen LogP contribution is -2.32. The first-order chi connectivity index (χ1) is 10.1. The van der Waals surface area contributed by atoms with Crippen LogP contribution in [0.1, 0.15) is 33.1 Å². The van der Waals surface area contributed by atoms with E-state index < -0.39 is 0 Å². The van der Waals surface area contributed by atoms with Crippen molar-refractivity contribution in [3.8, 4) is 5.75 Å². The molecule has 1 aromatic rings. The third-order valence-electron chi connectivity index (χ3n) is 4.35.